The Morgan fingerprint density at radius 3 is 2.56 bits per heavy atom. The molecule has 3 aromatic heterocycles. The summed E-state index contributed by atoms with van der Waals surface area (Å²) in [6.45, 7) is 4.52. The molecule has 0 saturated heterocycles. The van der Waals surface area contributed by atoms with Crippen molar-refractivity contribution in [1.29, 1.82) is 0 Å². The van der Waals surface area contributed by atoms with E-state index in [1.54, 1.807) is 25.1 Å². The standard InChI is InChI=1S/C26H23N3O3S2/c1-15-5-6-17(9-16(15)2)21-13-34-25-23(21)26(30)29(14-27-25)11-18-12-33-24(28-18)20-8-7-19(31-3)10-22(20)32-4/h5-10,12-14H,11H2,1-4H3. The Hall–Kier alpha value is -3.49. The zero-order chi connectivity index (χ0) is 23.8. The van der Waals surface area contributed by atoms with Crippen LogP contribution in [0.2, 0.25) is 0 Å². The van der Waals surface area contributed by atoms with Gasteiger partial charge in [0.15, 0.2) is 0 Å². The Bertz CT molecular complexity index is 1570. The van der Waals surface area contributed by atoms with Crippen LogP contribution >= 0.6 is 22.7 Å². The zero-order valence-corrected chi connectivity index (χ0v) is 20.9. The van der Waals surface area contributed by atoms with Crippen LogP contribution in [0.5, 0.6) is 11.5 Å². The summed E-state index contributed by atoms with van der Waals surface area (Å²) in [5.74, 6) is 1.41. The largest absolute Gasteiger partial charge is 0.497 e. The molecule has 172 valence electrons. The van der Waals surface area contributed by atoms with Gasteiger partial charge in [0.1, 0.15) is 21.3 Å². The van der Waals surface area contributed by atoms with Gasteiger partial charge in [-0.05, 0) is 42.7 Å². The minimum absolute atomic E-state index is 0.0592. The van der Waals surface area contributed by atoms with E-state index in [-0.39, 0.29) is 5.56 Å². The van der Waals surface area contributed by atoms with Crippen LogP contribution in [0, 0.1) is 13.8 Å². The predicted molar refractivity (Wildman–Crippen MR) is 139 cm³/mol. The van der Waals surface area contributed by atoms with Crippen molar-refractivity contribution >= 4 is 32.9 Å². The molecule has 0 aliphatic rings. The number of methoxy groups -OCH3 is 2. The lowest BCUT2D eigenvalue weighted by Gasteiger charge is -2.08. The van der Waals surface area contributed by atoms with Crippen LogP contribution in [0.25, 0.3) is 31.9 Å². The van der Waals surface area contributed by atoms with E-state index in [9.17, 15) is 4.79 Å². The van der Waals surface area contributed by atoms with Crippen molar-refractivity contribution in [3.8, 4) is 33.2 Å². The topological polar surface area (TPSA) is 66.2 Å². The first-order valence-corrected chi connectivity index (χ1v) is 12.5. The molecule has 3 heterocycles. The fourth-order valence-corrected chi connectivity index (χ4v) is 5.60. The fraction of sp³-hybridized carbons (Fsp3) is 0.192. The Morgan fingerprint density at radius 2 is 1.79 bits per heavy atom. The number of aryl methyl sites for hydroxylation is 2. The SMILES string of the molecule is COc1ccc(-c2nc(Cn3cnc4scc(-c5ccc(C)c(C)c5)c4c3=O)cs2)c(OC)c1. The van der Waals surface area contributed by atoms with Gasteiger partial charge in [-0.25, -0.2) is 9.97 Å². The Balaban J connectivity index is 1.50. The highest BCUT2D eigenvalue weighted by Gasteiger charge is 2.16. The lowest BCUT2D eigenvalue weighted by molar-refractivity contribution is 0.395. The van der Waals surface area contributed by atoms with Crippen molar-refractivity contribution in [2.45, 2.75) is 20.4 Å². The molecule has 34 heavy (non-hydrogen) atoms. The molecule has 0 unspecified atom stereocenters. The first kappa shape index (κ1) is 22.3. The van der Waals surface area contributed by atoms with Crippen molar-refractivity contribution in [1.82, 2.24) is 14.5 Å². The molecule has 0 atom stereocenters. The van der Waals surface area contributed by atoms with E-state index in [1.165, 1.54) is 33.8 Å². The van der Waals surface area contributed by atoms with Gasteiger partial charge in [0.05, 0.1) is 43.7 Å². The van der Waals surface area contributed by atoms with E-state index in [4.69, 9.17) is 14.5 Å². The second-order valence-electron chi connectivity index (χ2n) is 8.02. The third-order valence-corrected chi connectivity index (χ3v) is 7.71. The summed E-state index contributed by atoms with van der Waals surface area (Å²) in [5.41, 5.74) is 6.01. The first-order valence-electron chi connectivity index (χ1n) is 10.7. The van der Waals surface area contributed by atoms with E-state index in [0.29, 0.717) is 17.7 Å². The molecule has 0 saturated carbocycles. The van der Waals surface area contributed by atoms with Gasteiger partial charge in [0, 0.05) is 22.4 Å². The first-order chi connectivity index (χ1) is 16.5. The number of rotatable bonds is 6. The highest BCUT2D eigenvalue weighted by atomic mass is 32.1. The molecule has 0 aliphatic heterocycles. The molecule has 0 N–H and O–H groups in total. The minimum atomic E-state index is -0.0592. The minimum Gasteiger partial charge on any atom is -0.497 e. The fourth-order valence-electron chi connectivity index (χ4n) is 3.85. The summed E-state index contributed by atoms with van der Waals surface area (Å²) in [4.78, 5) is 23.5. The van der Waals surface area contributed by atoms with Crippen LogP contribution in [-0.2, 0) is 6.54 Å². The summed E-state index contributed by atoms with van der Waals surface area (Å²) in [7, 11) is 3.25. The van der Waals surface area contributed by atoms with Crippen molar-refractivity contribution in [3.05, 3.63) is 80.7 Å². The number of hydrogen-bond donors (Lipinski definition) is 0. The Labute approximate surface area is 205 Å². The number of hydrogen-bond acceptors (Lipinski definition) is 7. The molecule has 8 heteroatoms. The van der Waals surface area contributed by atoms with Crippen LogP contribution in [0.3, 0.4) is 0 Å². The average Bonchev–Trinajstić information content (AvgIpc) is 3.50. The maximum Gasteiger partial charge on any atom is 0.263 e. The molecule has 0 amide bonds. The van der Waals surface area contributed by atoms with Gasteiger partial charge in [-0.15, -0.1) is 22.7 Å². The normalized spacial score (nSPS) is 11.2. The smallest absolute Gasteiger partial charge is 0.263 e. The van der Waals surface area contributed by atoms with E-state index in [2.05, 4.69) is 37.0 Å². The maximum atomic E-state index is 13.5. The predicted octanol–water partition coefficient (Wildman–Crippen LogP) is 5.93. The number of fused-ring (bicyclic) bond motifs is 1. The monoisotopic (exact) mass is 489 g/mol. The van der Waals surface area contributed by atoms with Crippen LogP contribution in [-0.4, -0.2) is 28.8 Å². The molecular weight excluding hydrogens is 466 g/mol. The Kier molecular flexibility index (Phi) is 5.93. The summed E-state index contributed by atoms with van der Waals surface area (Å²) < 4.78 is 12.4. The van der Waals surface area contributed by atoms with Crippen LogP contribution in [0.15, 0.2) is 58.3 Å². The molecule has 0 bridgehead atoms. The summed E-state index contributed by atoms with van der Waals surface area (Å²) in [6.07, 6.45) is 1.61. The molecule has 6 nitrogen and oxygen atoms in total. The van der Waals surface area contributed by atoms with Crippen molar-refractivity contribution in [2.75, 3.05) is 14.2 Å². The number of ether oxygens (including phenoxy) is 2. The van der Waals surface area contributed by atoms with Gasteiger partial charge in [0.2, 0.25) is 0 Å². The van der Waals surface area contributed by atoms with Gasteiger partial charge in [-0.2, -0.15) is 0 Å². The number of aromatic nitrogens is 3. The summed E-state index contributed by atoms with van der Waals surface area (Å²) in [6, 6.07) is 11.9. The number of nitrogens with zero attached hydrogens (tertiary/aromatic N) is 3. The molecular formula is C26H23N3O3S2. The van der Waals surface area contributed by atoms with E-state index < -0.39 is 0 Å². The van der Waals surface area contributed by atoms with Gasteiger partial charge in [0.25, 0.3) is 5.56 Å². The van der Waals surface area contributed by atoms with Crippen molar-refractivity contribution < 1.29 is 9.47 Å². The molecule has 5 rings (SSSR count). The van der Waals surface area contributed by atoms with Crippen LogP contribution in [0.4, 0.5) is 0 Å². The van der Waals surface area contributed by atoms with Gasteiger partial charge in [-0.1, -0.05) is 18.2 Å². The van der Waals surface area contributed by atoms with Crippen molar-refractivity contribution in [3.63, 3.8) is 0 Å². The third-order valence-electron chi connectivity index (χ3n) is 5.90. The molecule has 0 radical (unpaired) electrons. The van der Waals surface area contributed by atoms with Gasteiger partial charge >= 0.3 is 0 Å². The molecule has 0 fully saturated rings. The van der Waals surface area contributed by atoms with Crippen LogP contribution in [0.1, 0.15) is 16.8 Å². The van der Waals surface area contributed by atoms with E-state index in [1.807, 2.05) is 29.0 Å². The molecule has 5 aromatic rings. The lowest BCUT2D eigenvalue weighted by atomic mass is 10.0. The highest BCUT2D eigenvalue weighted by molar-refractivity contribution is 7.17. The van der Waals surface area contributed by atoms with Gasteiger partial charge in [-0.3, -0.25) is 9.36 Å². The molecule has 0 spiro atoms. The number of thiophene rings is 1. The molecule has 0 aliphatic carbocycles. The number of thiazole rings is 1. The second kappa shape index (κ2) is 9.04. The van der Waals surface area contributed by atoms with E-state index >= 15 is 0 Å². The van der Waals surface area contributed by atoms with E-state index in [0.717, 1.165) is 38.0 Å². The highest BCUT2D eigenvalue weighted by Crippen LogP contribution is 2.35. The molecule has 2 aromatic carbocycles. The summed E-state index contributed by atoms with van der Waals surface area (Å²) in [5, 5.41) is 5.46. The average molecular weight is 490 g/mol. The quantitative estimate of drug-likeness (QED) is 0.296. The Morgan fingerprint density at radius 1 is 0.941 bits per heavy atom. The zero-order valence-electron chi connectivity index (χ0n) is 19.3. The van der Waals surface area contributed by atoms with Gasteiger partial charge < -0.3 is 9.47 Å². The maximum absolute atomic E-state index is 13.5. The third kappa shape index (κ3) is 3.99. The van der Waals surface area contributed by atoms with Crippen LogP contribution < -0.4 is 15.0 Å². The van der Waals surface area contributed by atoms with Crippen molar-refractivity contribution in [2.24, 2.45) is 0 Å². The summed E-state index contributed by atoms with van der Waals surface area (Å²) >= 11 is 3.01. The number of benzene rings is 2. The lowest BCUT2D eigenvalue weighted by Crippen LogP contribution is -2.21. The second-order valence-corrected chi connectivity index (χ2v) is 9.73.